The van der Waals surface area contributed by atoms with E-state index in [1.165, 1.54) is 0 Å². The predicted molar refractivity (Wildman–Crippen MR) is 59.3 cm³/mol. The van der Waals surface area contributed by atoms with Crippen molar-refractivity contribution >= 4 is 0 Å². The van der Waals surface area contributed by atoms with Crippen LogP contribution >= 0.6 is 0 Å². The second kappa shape index (κ2) is 9.44. The molecule has 0 aliphatic carbocycles. The van der Waals surface area contributed by atoms with Gasteiger partial charge < -0.3 is 15.2 Å². The van der Waals surface area contributed by atoms with E-state index in [2.05, 4.69) is 20.8 Å². The minimum absolute atomic E-state index is 0.588. The largest absolute Gasteiger partial charge is 0.379 e. The second-order valence-electron chi connectivity index (χ2n) is 4.02. The molecule has 0 aliphatic rings. The summed E-state index contributed by atoms with van der Waals surface area (Å²) in [6.45, 7) is 10.2. The highest BCUT2D eigenvalue weighted by molar-refractivity contribution is 4.55. The first-order chi connectivity index (χ1) is 6.68. The fourth-order valence-corrected chi connectivity index (χ4v) is 1.01. The molecule has 0 amide bonds. The highest BCUT2D eigenvalue weighted by Gasteiger charge is 2.05. The van der Waals surface area contributed by atoms with Crippen LogP contribution in [0, 0.1) is 11.8 Å². The van der Waals surface area contributed by atoms with Crippen molar-refractivity contribution < 1.29 is 9.47 Å². The van der Waals surface area contributed by atoms with Crippen molar-refractivity contribution in [2.75, 3.05) is 33.0 Å². The van der Waals surface area contributed by atoms with Crippen molar-refractivity contribution in [1.82, 2.24) is 0 Å². The molecule has 0 aromatic rings. The maximum absolute atomic E-state index is 5.44. The van der Waals surface area contributed by atoms with Gasteiger partial charge in [0.15, 0.2) is 0 Å². The molecule has 14 heavy (non-hydrogen) atoms. The third-order valence-corrected chi connectivity index (χ3v) is 2.49. The van der Waals surface area contributed by atoms with Crippen LogP contribution in [0.1, 0.15) is 27.2 Å². The zero-order valence-corrected chi connectivity index (χ0v) is 9.79. The van der Waals surface area contributed by atoms with Gasteiger partial charge in [0.1, 0.15) is 0 Å². The number of hydrogen-bond donors (Lipinski definition) is 1. The Labute approximate surface area is 88.0 Å². The van der Waals surface area contributed by atoms with Crippen molar-refractivity contribution in [2.45, 2.75) is 27.2 Å². The Hall–Kier alpha value is -0.120. The van der Waals surface area contributed by atoms with E-state index in [4.69, 9.17) is 15.2 Å². The Kier molecular flexibility index (Phi) is 9.35. The molecule has 0 radical (unpaired) electrons. The van der Waals surface area contributed by atoms with E-state index in [-0.39, 0.29) is 0 Å². The summed E-state index contributed by atoms with van der Waals surface area (Å²) < 4.78 is 10.6. The lowest BCUT2D eigenvalue weighted by molar-refractivity contribution is 0.0443. The summed E-state index contributed by atoms with van der Waals surface area (Å²) >= 11 is 0. The van der Waals surface area contributed by atoms with E-state index < -0.39 is 0 Å². The minimum Gasteiger partial charge on any atom is -0.379 e. The Balaban J connectivity index is 3.06. The zero-order valence-electron chi connectivity index (χ0n) is 9.79. The lowest BCUT2D eigenvalue weighted by Gasteiger charge is -2.14. The van der Waals surface area contributed by atoms with Crippen LogP contribution in [0.2, 0.25) is 0 Å². The van der Waals surface area contributed by atoms with Gasteiger partial charge in [0, 0.05) is 13.2 Å². The van der Waals surface area contributed by atoms with Crippen molar-refractivity contribution in [2.24, 2.45) is 17.6 Å². The molecule has 2 N–H and O–H groups in total. The van der Waals surface area contributed by atoms with E-state index in [1.807, 2.05) is 0 Å². The topological polar surface area (TPSA) is 44.5 Å². The zero-order chi connectivity index (χ0) is 10.8. The van der Waals surface area contributed by atoms with Crippen molar-refractivity contribution in [3.63, 3.8) is 0 Å². The van der Waals surface area contributed by atoms with E-state index in [0.717, 1.165) is 24.9 Å². The van der Waals surface area contributed by atoms with Gasteiger partial charge in [0.05, 0.1) is 19.8 Å². The summed E-state index contributed by atoms with van der Waals surface area (Å²) in [4.78, 5) is 0. The van der Waals surface area contributed by atoms with Crippen LogP contribution in [0.5, 0.6) is 0 Å². The second-order valence-corrected chi connectivity index (χ2v) is 4.02. The Bertz CT molecular complexity index is 118. The number of nitrogens with two attached hydrogens (primary N) is 1. The Morgan fingerprint density at radius 1 is 0.929 bits per heavy atom. The van der Waals surface area contributed by atoms with Gasteiger partial charge in [-0.3, -0.25) is 0 Å². The molecular weight excluding hydrogens is 178 g/mol. The maximum atomic E-state index is 5.44. The van der Waals surface area contributed by atoms with Crippen molar-refractivity contribution in [1.29, 1.82) is 0 Å². The van der Waals surface area contributed by atoms with E-state index in [9.17, 15) is 0 Å². The van der Waals surface area contributed by atoms with Gasteiger partial charge in [-0.05, 0) is 18.3 Å². The summed E-state index contributed by atoms with van der Waals surface area (Å²) in [6.07, 6.45) is 1.13. The number of hydrogen-bond acceptors (Lipinski definition) is 3. The van der Waals surface area contributed by atoms with Gasteiger partial charge in [0.25, 0.3) is 0 Å². The first-order valence-electron chi connectivity index (χ1n) is 5.54. The van der Waals surface area contributed by atoms with E-state index >= 15 is 0 Å². The Morgan fingerprint density at radius 3 is 2.00 bits per heavy atom. The Morgan fingerprint density at radius 2 is 1.50 bits per heavy atom. The maximum Gasteiger partial charge on any atom is 0.0701 e. The average molecular weight is 203 g/mol. The quantitative estimate of drug-likeness (QED) is 0.580. The third-order valence-electron chi connectivity index (χ3n) is 2.49. The molecule has 0 aliphatic heterocycles. The first-order valence-corrected chi connectivity index (χ1v) is 5.54. The van der Waals surface area contributed by atoms with Gasteiger partial charge in [-0.1, -0.05) is 20.8 Å². The molecule has 0 saturated heterocycles. The minimum atomic E-state index is 0.588. The summed E-state index contributed by atoms with van der Waals surface area (Å²) in [5.41, 5.74) is 5.28. The molecule has 0 bridgehead atoms. The standard InChI is InChI=1S/C11H25NO2/c1-10(2)11(3)4-6-13-8-9-14-7-5-12/h10-11H,4-9,12H2,1-3H3. The van der Waals surface area contributed by atoms with Gasteiger partial charge in [-0.15, -0.1) is 0 Å². The van der Waals surface area contributed by atoms with Crippen LogP contribution in [0.25, 0.3) is 0 Å². The fourth-order valence-electron chi connectivity index (χ4n) is 1.01. The monoisotopic (exact) mass is 203 g/mol. The van der Waals surface area contributed by atoms with Crippen LogP contribution < -0.4 is 5.73 Å². The molecule has 0 heterocycles. The lowest BCUT2D eigenvalue weighted by atomic mass is 9.95. The van der Waals surface area contributed by atoms with Gasteiger partial charge in [-0.2, -0.15) is 0 Å². The first kappa shape index (κ1) is 13.9. The highest BCUT2D eigenvalue weighted by Crippen LogP contribution is 2.13. The van der Waals surface area contributed by atoms with Crippen LogP contribution in [-0.4, -0.2) is 33.0 Å². The number of ether oxygens (including phenoxy) is 2. The van der Waals surface area contributed by atoms with Crippen LogP contribution in [0.15, 0.2) is 0 Å². The molecule has 3 heteroatoms. The molecule has 0 rings (SSSR count). The smallest absolute Gasteiger partial charge is 0.0701 e. The van der Waals surface area contributed by atoms with E-state index in [0.29, 0.717) is 26.4 Å². The fraction of sp³-hybridized carbons (Fsp3) is 1.00. The molecule has 86 valence electrons. The van der Waals surface area contributed by atoms with Gasteiger partial charge >= 0.3 is 0 Å². The molecule has 0 fully saturated rings. The molecule has 0 aromatic carbocycles. The summed E-state index contributed by atoms with van der Waals surface area (Å²) in [5, 5.41) is 0. The molecule has 0 aromatic heterocycles. The molecular formula is C11H25NO2. The van der Waals surface area contributed by atoms with Gasteiger partial charge in [0.2, 0.25) is 0 Å². The summed E-state index contributed by atoms with van der Waals surface area (Å²) in [7, 11) is 0. The van der Waals surface area contributed by atoms with Crippen LogP contribution in [-0.2, 0) is 9.47 Å². The summed E-state index contributed by atoms with van der Waals surface area (Å²) in [6, 6.07) is 0. The van der Waals surface area contributed by atoms with Crippen LogP contribution in [0.3, 0.4) is 0 Å². The number of rotatable bonds is 9. The normalized spacial score (nSPS) is 13.5. The lowest BCUT2D eigenvalue weighted by Crippen LogP contribution is -2.13. The predicted octanol–water partition coefficient (Wildman–Crippen LogP) is 1.66. The van der Waals surface area contributed by atoms with Crippen molar-refractivity contribution in [3.8, 4) is 0 Å². The molecule has 0 saturated carbocycles. The molecule has 1 atom stereocenters. The summed E-state index contributed by atoms with van der Waals surface area (Å²) in [5.74, 6) is 1.48. The van der Waals surface area contributed by atoms with Crippen molar-refractivity contribution in [3.05, 3.63) is 0 Å². The average Bonchev–Trinajstić information content (AvgIpc) is 2.16. The SMILES string of the molecule is CC(C)C(C)CCOCCOCCN. The molecule has 1 unspecified atom stereocenters. The molecule has 3 nitrogen and oxygen atoms in total. The van der Waals surface area contributed by atoms with Gasteiger partial charge in [-0.25, -0.2) is 0 Å². The molecule has 0 spiro atoms. The highest BCUT2D eigenvalue weighted by atomic mass is 16.5. The van der Waals surface area contributed by atoms with Crippen LogP contribution in [0.4, 0.5) is 0 Å². The third kappa shape index (κ3) is 8.48. The van der Waals surface area contributed by atoms with E-state index in [1.54, 1.807) is 0 Å².